The SMILES string of the molecule is CCC(C(=O)NOCc1ccccc1)C1CCC(C(=O)Nc2ccncc2)CC1. The van der Waals surface area contributed by atoms with Gasteiger partial charge in [0, 0.05) is 29.9 Å². The maximum absolute atomic E-state index is 12.6. The third kappa shape index (κ3) is 6.12. The molecule has 3 rings (SSSR count). The molecular weight excluding hydrogens is 366 g/mol. The number of benzene rings is 1. The maximum Gasteiger partial charge on any atom is 0.246 e. The molecule has 0 aliphatic heterocycles. The van der Waals surface area contributed by atoms with Gasteiger partial charge in [-0.1, -0.05) is 37.3 Å². The molecule has 2 amide bonds. The van der Waals surface area contributed by atoms with E-state index in [1.54, 1.807) is 24.5 Å². The minimum atomic E-state index is -0.0880. The highest BCUT2D eigenvalue weighted by molar-refractivity contribution is 5.92. The van der Waals surface area contributed by atoms with E-state index in [4.69, 9.17) is 4.84 Å². The number of pyridine rings is 1. The van der Waals surface area contributed by atoms with Crippen LogP contribution in [0.1, 0.15) is 44.6 Å². The molecule has 1 saturated carbocycles. The molecule has 1 aliphatic carbocycles. The Kier molecular flexibility index (Phi) is 7.76. The van der Waals surface area contributed by atoms with Crippen molar-refractivity contribution in [3.63, 3.8) is 0 Å². The van der Waals surface area contributed by atoms with Crippen LogP contribution in [0.2, 0.25) is 0 Å². The summed E-state index contributed by atoms with van der Waals surface area (Å²) in [6.45, 7) is 2.38. The summed E-state index contributed by atoms with van der Waals surface area (Å²) in [5.74, 6) is 0.182. The van der Waals surface area contributed by atoms with Crippen LogP contribution in [0.4, 0.5) is 5.69 Å². The summed E-state index contributed by atoms with van der Waals surface area (Å²) in [7, 11) is 0. The second-order valence-electron chi connectivity index (χ2n) is 7.59. The van der Waals surface area contributed by atoms with Crippen LogP contribution in [0.25, 0.3) is 0 Å². The van der Waals surface area contributed by atoms with Gasteiger partial charge in [0.2, 0.25) is 11.8 Å². The zero-order valence-electron chi connectivity index (χ0n) is 16.8. The monoisotopic (exact) mass is 395 g/mol. The van der Waals surface area contributed by atoms with E-state index in [9.17, 15) is 9.59 Å². The van der Waals surface area contributed by atoms with E-state index in [1.165, 1.54) is 0 Å². The lowest BCUT2D eigenvalue weighted by molar-refractivity contribution is -0.141. The molecule has 6 nitrogen and oxygen atoms in total. The van der Waals surface area contributed by atoms with Crippen molar-refractivity contribution in [1.29, 1.82) is 0 Å². The molecule has 1 unspecified atom stereocenters. The second-order valence-corrected chi connectivity index (χ2v) is 7.59. The first-order valence-corrected chi connectivity index (χ1v) is 10.3. The van der Waals surface area contributed by atoms with Crippen molar-refractivity contribution in [2.75, 3.05) is 5.32 Å². The summed E-state index contributed by atoms with van der Waals surface area (Å²) >= 11 is 0. The predicted molar refractivity (Wildman–Crippen MR) is 111 cm³/mol. The third-order valence-electron chi connectivity index (χ3n) is 5.69. The summed E-state index contributed by atoms with van der Waals surface area (Å²) < 4.78 is 0. The van der Waals surface area contributed by atoms with Crippen molar-refractivity contribution in [2.45, 2.75) is 45.6 Å². The van der Waals surface area contributed by atoms with Crippen molar-refractivity contribution >= 4 is 17.5 Å². The maximum atomic E-state index is 12.6. The first kappa shape index (κ1) is 21.0. The van der Waals surface area contributed by atoms with Gasteiger partial charge in [0.05, 0.1) is 6.61 Å². The zero-order valence-corrected chi connectivity index (χ0v) is 16.8. The average Bonchev–Trinajstić information content (AvgIpc) is 2.76. The fourth-order valence-electron chi connectivity index (χ4n) is 4.04. The smallest absolute Gasteiger partial charge is 0.246 e. The molecule has 0 radical (unpaired) electrons. The molecule has 1 aromatic carbocycles. The molecule has 1 heterocycles. The molecular formula is C23H29N3O3. The molecule has 1 atom stereocenters. The molecule has 2 aromatic rings. The van der Waals surface area contributed by atoms with Crippen molar-refractivity contribution < 1.29 is 14.4 Å². The molecule has 1 aliphatic rings. The minimum Gasteiger partial charge on any atom is -0.326 e. The van der Waals surface area contributed by atoms with Crippen LogP contribution in [0.5, 0.6) is 0 Å². The lowest BCUT2D eigenvalue weighted by atomic mass is 9.74. The number of hydroxylamine groups is 1. The van der Waals surface area contributed by atoms with Crippen LogP contribution in [0.3, 0.4) is 0 Å². The molecule has 0 saturated heterocycles. The van der Waals surface area contributed by atoms with E-state index in [0.29, 0.717) is 6.61 Å². The van der Waals surface area contributed by atoms with Gasteiger partial charge in [-0.25, -0.2) is 5.48 Å². The van der Waals surface area contributed by atoms with Gasteiger partial charge < -0.3 is 5.32 Å². The fraction of sp³-hybridized carbons (Fsp3) is 0.435. The van der Waals surface area contributed by atoms with E-state index < -0.39 is 0 Å². The average molecular weight is 396 g/mol. The standard InChI is InChI=1S/C23H29N3O3/c1-2-21(23(28)26-29-16-17-6-4-3-5-7-17)18-8-10-19(11-9-18)22(27)25-20-12-14-24-15-13-20/h3-7,12-15,18-19,21H,2,8-11,16H2,1H3,(H,26,28)(H,24,25,27). The molecule has 0 bridgehead atoms. The molecule has 29 heavy (non-hydrogen) atoms. The first-order chi connectivity index (χ1) is 14.2. The summed E-state index contributed by atoms with van der Waals surface area (Å²) in [4.78, 5) is 34.5. The number of hydrogen-bond acceptors (Lipinski definition) is 4. The number of rotatable bonds is 8. The highest BCUT2D eigenvalue weighted by Crippen LogP contribution is 2.35. The third-order valence-corrected chi connectivity index (χ3v) is 5.69. The molecule has 154 valence electrons. The van der Waals surface area contributed by atoms with Gasteiger partial charge in [0.25, 0.3) is 0 Å². The first-order valence-electron chi connectivity index (χ1n) is 10.3. The van der Waals surface area contributed by atoms with Crippen LogP contribution < -0.4 is 10.8 Å². The largest absolute Gasteiger partial charge is 0.326 e. The van der Waals surface area contributed by atoms with Crippen LogP contribution in [0.15, 0.2) is 54.9 Å². The normalized spacial score (nSPS) is 19.9. The molecule has 0 spiro atoms. The van der Waals surface area contributed by atoms with Gasteiger partial charge in [0.1, 0.15) is 0 Å². The van der Waals surface area contributed by atoms with E-state index >= 15 is 0 Å². The molecule has 1 aromatic heterocycles. The van der Waals surface area contributed by atoms with Gasteiger partial charge in [0.15, 0.2) is 0 Å². The Morgan fingerprint density at radius 2 is 1.76 bits per heavy atom. The number of carbonyl (C=O) groups excluding carboxylic acids is 2. The summed E-state index contributed by atoms with van der Waals surface area (Å²) in [5.41, 5.74) is 4.41. The van der Waals surface area contributed by atoms with E-state index in [2.05, 4.69) is 15.8 Å². The van der Waals surface area contributed by atoms with Gasteiger partial charge in [-0.05, 0) is 55.7 Å². The molecule has 1 fully saturated rings. The molecule has 6 heteroatoms. The van der Waals surface area contributed by atoms with Crippen LogP contribution in [-0.2, 0) is 21.0 Å². The van der Waals surface area contributed by atoms with Crippen molar-refractivity contribution in [2.24, 2.45) is 17.8 Å². The molecule has 2 N–H and O–H groups in total. The number of aromatic nitrogens is 1. The van der Waals surface area contributed by atoms with Crippen molar-refractivity contribution in [1.82, 2.24) is 10.5 Å². The van der Waals surface area contributed by atoms with Crippen LogP contribution in [0, 0.1) is 17.8 Å². The number of nitrogens with one attached hydrogen (secondary N) is 2. The number of carbonyl (C=O) groups is 2. The van der Waals surface area contributed by atoms with Gasteiger partial charge in [-0.3, -0.25) is 19.4 Å². The lowest BCUT2D eigenvalue weighted by Crippen LogP contribution is -2.37. The summed E-state index contributed by atoms with van der Waals surface area (Å²) in [6.07, 6.45) is 7.44. The van der Waals surface area contributed by atoms with E-state index in [0.717, 1.165) is 43.4 Å². The van der Waals surface area contributed by atoms with Gasteiger partial charge >= 0.3 is 0 Å². The van der Waals surface area contributed by atoms with E-state index in [-0.39, 0.29) is 29.6 Å². The Hall–Kier alpha value is -2.73. The number of hydrogen-bond donors (Lipinski definition) is 2. The fourth-order valence-corrected chi connectivity index (χ4v) is 4.04. The Labute approximate surface area is 172 Å². The summed E-state index contributed by atoms with van der Waals surface area (Å²) in [5, 5.41) is 2.96. The van der Waals surface area contributed by atoms with Crippen LogP contribution >= 0.6 is 0 Å². The van der Waals surface area contributed by atoms with Crippen LogP contribution in [-0.4, -0.2) is 16.8 Å². The Morgan fingerprint density at radius 3 is 2.41 bits per heavy atom. The zero-order chi connectivity index (χ0) is 20.5. The topological polar surface area (TPSA) is 80.3 Å². The number of anilines is 1. The number of amides is 2. The quantitative estimate of drug-likeness (QED) is 0.660. The van der Waals surface area contributed by atoms with E-state index in [1.807, 2.05) is 37.3 Å². The highest BCUT2D eigenvalue weighted by Gasteiger charge is 2.33. The Morgan fingerprint density at radius 1 is 1.07 bits per heavy atom. The van der Waals surface area contributed by atoms with Gasteiger partial charge in [-0.15, -0.1) is 0 Å². The second kappa shape index (κ2) is 10.7. The Bertz CT molecular complexity index is 774. The van der Waals surface area contributed by atoms with Gasteiger partial charge in [-0.2, -0.15) is 0 Å². The lowest BCUT2D eigenvalue weighted by Gasteiger charge is -2.32. The summed E-state index contributed by atoms with van der Waals surface area (Å²) in [6, 6.07) is 13.3. The number of nitrogens with zero attached hydrogens (tertiary/aromatic N) is 1. The van der Waals surface area contributed by atoms with Crippen molar-refractivity contribution in [3.8, 4) is 0 Å². The Balaban J connectivity index is 1.44. The minimum absolute atomic E-state index is 0.00527. The predicted octanol–water partition coefficient (Wildman–Crippen LogP) is 4.10. The highest BCUT2D eigenvalue weighted by atomic mass is 16.6. The van der Waals surface area contributed by atoms with Crippen molar-refractivity contribution in [3.05, 3.63) is 60.4 Å².